The second-order valence-corrected chi connectivity index (χ2v) is 2.55. The Hall–Kier alpha value is -0.170. The highest BCUT2D eigenvalue weighted by atomic mass is 16.5. The summed E-state index contributed by atoms with van der Waals surface area (Å²) in [6.45, 7) is 4.80. The highest BCUT2D eigenvalue weighted by molar-refractivity contribution is 4.82. The average molecular weight is 113 g/mol. The Balaban J connectivity index is 2.03. The fraction of sp³-hybridized carbons (Fsp3) is 0.857. The lowest BCUT2D eigenvalue weighted by Crippen LogP contribution is -2.05. The molecule has 1 aliphatic rings. The number of hydrogen-bond acceptors (Lipinski definition) is 1. The van der Waals surface area contributed by atoms with Crippen LogP contribution in [0.3, 0.4) is 0 Å². The van der Waals surface area contributed by atoms with Crippen LogP contribution in [-0.2, 0) is 4.74 Å². The van der Waals surface area contributed by atoms with E-state index in [0.29, 0.717) is 5.92 Å². The minimum Gasteiger partial charge on any atom is -0.380 e. The first-order valence-corrected chi connectivity index (χ1v) is 3.16. The van der Waals surface area contributed by atoms with Gasteiger partial charge in [0.25, 0.3) is 0 Å². The van der Waals surface area contributed by atoms with E-state index >= 15 is 0 Å². The molecule has 0 amide bonds. The predicted octanol–water partition coefficient (Wildman–Crippen LogP) is 1.49. The second kappa shape index (κ2) is 2.40. The minimum atomic E-state index is 0.556. The van der Waals surface area contributed by atoms with Crippen LogP contribution in [0.2, 0.25) is 0 Å². The van der Waals surface area contributed by atoms with Crippen LogP contribution in [-0.4, -0.2) is 13.7 Å². The molecule has 1 saturated carbocycles. The van der Waals surface area contributed by atoms with Crippen LogP contribution < -0.4 is 0 Å². The molecule has 0 saturated heterocycles. The third-order valence-electron chi connectivity index (χ3n) is 1.67. The Morgan fingerprint density at radius 1 is 1.75 bits per heavy atom. The summed E-state index contributed by atoms with van der Waals surface area (Å²) in [7, 11) is 1.74. The molecule has 0 bridgehead atoms. The minimum absolute atomic E-state index is 0.556. The third kappa shape index (κ3) is 1.41. The van der Waals surface area contributed by atoms with Gasteiger partial charge in [-0.15, -0.1) is 0 Å². The van der Waals surface area contributed by atoms with E-state index in [1.807, 2.05) is 0 Å². The molecule has 1 unspecified atom stereocenters. The van der Waals surface area contributed by atoms with Crippen molar-refractivity contribution in [3.63, 3.8) is 0 Å². The van der Waals surface area contributed by atoms with Gasteiger partial charge in [0.1, 0.15) is 5.92 Å². The molecule has 0 heterocycles. The lowest BCUT2D eigenvalue weighted by Gasteiger charge is -1.98. The molecule has 1 nitrogen and oxygen atoms in total. The number of methoxy groups -OCH3 is 1. The zero-order valence-electron chi connectivity index (χ0n) is 5.39. The van der Waals surface area contributed by atoms with Crippen LogP contribution in [0.15, 0.2) is 0 Å². The summed E-state index contributed by atoms with van der Waals surface area (Å²) < 4.78 is 4.94. The Bertz CT molecular complexity index is 66.8. The van der Waals surface area contributed by atoms with Crippen molar-refractivity contribution in [1.82, 2.24) is 0 Å². The van der Waals surface area contributed by atoms with Crippen molar-refractivity contribution in [3.8, 4) is 0 Å². The summed E-state index contributed by atoms with van der Waals surface area (Å²) in [4.78, 5) is 0. The maximum atomic E-state index is 4.94. The SMILES string of the molecule is [CH2+]C(COC)C1CC1. The molecule has 0 aliphatic heterocycles. The van der Waals surface area contributed by atoms with Gasteiger partial charge in [0.2, 0.25) is 0 Å². The second-order valence-electron chi connectivity index (χ2n) is 2.55. The molecule has 1 atom stereocenters. The lowest BCUT2D eigenvalue weighted by atomic mass is 10.1. The topological polar surface area (TPSA) is 9.23 Å². The van der Waals surface area contributed by atoms with Gasteiger partial charge in [0, 0.05) is 13.0 Å². The van der Waals surface area contributed by atoms with E-state index in [9.17, 15) is 0 Å². The van der Waals surface area contributed by atoms with Gasteiger partial charge in [-0.3, -0.25) is 0 Å². The summed E-state index contributed by atoms with van der Waals surface area (Å²) in [5, 5.41) is 0. The zero-order chi connectivity index (χ0) is 5.98. The maximum Gasteiger partial charge on any atom is 0.121 e. The van der Waals surface area contributed by atoms with E-state index in [2.05, 4.69) is 6.92 Å². The van der Waals surface area contributed by atoms with E-state index in [-0.39, 0.29) is 0 Å². The van der Waals surface area contributed by atoms with Crippen molar-refractivity contribution in [3.05, 3.63) is 6.92 Å². The molecule has 1 rings (SSSR count). The van der Waals surface area contributed by atoms with E-state index in [1.165, 1.54) is 12.8 Å². The summed E-state index contributed by atoms with van der Waals surface area (Å²) in [6.07, 6.45) is 2.75. The monoisotopic (exact) mass is 113 g/mol. The molecule has 0 radical (unpaired) electrons. The van der Waals surface area contributed by atoms with E-state index in [1.54, 1.807) is 7.11 Å². The Labute approximate surface area is 51.0 Å². The molecule has 0 aromatic heterocycles. The van der Waals surface area contributed by atoms with Crippen LogP contribution in [0.1, 0.15) is 12.8 Å². The Kier molecular flexibility index (Phi) is 1.79. The van der Waals surface area contributed by atoms with Crippen molar-refractivity contribution in [1.29, 1.82) is 0 Å². The first-order chi connectivity index (χ1) is 3.84. The fourth-order valence-electron chi connectivity index (χ4n) is 0.918. The van der Waals surface area contributed by atoms with E-state index in [4.69, 9.17) is 4.74 Å². The average Bonchev–Trinajstić information content (AvgIpc) is 2.45. The van der Waals surface area contributed by atoms with Crippen LogP contribution in [0.25, 0.3) is 0 Å². The van der Waals surface area contributed by atoms with Gasteiger partial charge in [0.15, 0.2) is 0 Å². The third-order valence-corrected chi connectivity index (χ3v) is 1.67. The van der Waals surface area contributed by atoms with Crippen molar-refractivity contribution >= 4 is 0 Å². The highest BCUT2D eigenvalue weighted by Crippen LogP contribution is 2.36. The Morgan fingerprint density at radius 3 is 2.75 bits per heavy atom. The molecule has 46 valence electrons. The van der Waals surface area contributed by atoms with Gasteiger partial charge in [-0.1, -0.05) is 0 Å². The smallest absolute Gasteiger partial charge is 0.121 e. The molecule has 1 aliphatic carbocycles. The van der Waals surface area contributed by atoms with Crippen LogP contribution >= 0.6 is 0 Å². The van der Waals surface area contributed by atoms with E-state index in [0.717, 1.165) is 12.5 Å². The van der Waals surface area contributed by atoms with Crippen molar-refractivity contribution in [2.24, 2.45) is 11.8 Å². The normalized spacial score (nSPS) is 23.1. The van der Waals surface area contributed by atoms with Gasteiger partial charge in [-0.2, -0.15) is 0 Å². The summed E-state index contributed by atoms with van der Waals surface area (Å²) in [5.74, 6) is 1.44. The molecule has 0 spiro atoms. The molecule has 0 aromatic rings. The highest BCUT2D eigenvalue weighted by Gasteiger charge is 2.32. The first-order valence-electron chi connectivity index (χ1n) is 3.16. The number of ether oxygens (including phenoxy) is 1. The quantitative estimate of drug-likeness (QED) is 0.504. The summed E-state index contributed by atoms with van der Waals surface area (Å²) >= 11 is 0. The van der Waals surface area contributed by atoms with Crippen LogP contribution in [0, 0.1) is 18.8 Å². The van der Waals surface area contributed by atoms with Crippen molar-refractivity contribution in [2.45, 2.75) is 12.8 Å². The lowest BCUT2D eigenvalue weighted by molar-refractivity contribution is 0.160. The number of rotatable bonds is 3. The van der Waals surface area contributed by atoms with Crippen LogP contribution in [0.4, 0.5) is 0 Å². The maximum absolute atomic E-state index is 4.94. The largest absolute Gasteiger partial charge is 0.380 e. The predicted molar refractivity (Wildman–Crippen MR) is 33.4 cm³/mol. The van der Waals surface area contributed by atoms with Gasteiger partial charge in [-0.05, 0) is 12.8 Å². The summed E-state index contributed by atoms with van der Waals surface area (Å²) in [6, 6.07) is 0. The molecule has 8 heavy (non-hydrogen) atoms. The molecule has 1 fully saturated rings. The van der Waals surface area contributed by atoms with Gasteiger partial charge < -0.3 is 4.74 Å². The van der Waals surface area contributed by atoms with E-state index < -0.39 is 0 Å². The van der Waals surface area contributed by atoms with Gasteiger partial charge >= 0.3 is 0 Å². The molecule has 1 heteroatoms. The zero-order valence-corrected chi connectivity index (χ0v) is 5.39. The van der Waals surface area contributed by atoms with Crippen molar-refractivity contribution < 1.29 is 4.74 Å². The molecule has 0 aromatic carbocycles. The van der Waals surface area contributed by atoms with Gasteiger partial charge in [0.05, 0.1) is 13.5 Å². The first kappa shape index (κ1) is 5.96. The molecule has 0 N–H and O–H groups in total. The van der Waals surface area contributed by atoms with Crippen LogP contribution in [0.5, 0.6) is 0 Å². The number of hydrogen-bond donors (Lipinski definition) is 0. The van der Waals surface area contributed by atoms with Gasteiger partial charge in [-0.25, -0.2) is 0 Å². The fourth-order valence-corrected chi connectivity index (χ4v) is 0.918. The molecular formula is C7H13O+. The molecular weight excluding hydrogens is 100 g/mol. The summed E-state index contributed by atoms with van der Waals surface area (Å²) in [5.41, 5.74) is 0. The standard InChI is InChI=1S/C7H13O/c1-6(5-8-2)7-3-4-7/h6-7H,1,3-5H2,2H3/q+1. The van der Waals surface area contributed by atoms with Crippen molar-refractivity contribution in [2.75, 3.05) is 13.7 Å². The Morgan fingerprint density at radius 2 is 2.38 bits per heavy atom.